The van der Waals surface area contributed by atoms with Gasteiger partial charge in [0.2, 0.25) is 0 Å². The lowest BCUT2D eigenvalue weighted by atomic mass is 10.1. The summed E-state index contributed by atoms with van der Waals surface area (Å²) in [6.07, 6.45) is 5.53. The average Bonchev–Trinajstić information content (AvgIpc) is 3.36. The van der Waals surface area contributed by atoms with Gasteiger partial charge in [0, 0.05) is 25.0 Å². The first-order valence-electron chi connectivity index (χ1n) is 10.1. The number of nitrogens with one attached hydrogen (secondary N) is 1. The van der Waals surface area contributed by atoms with Crippen LogP contribution in [0.5, 0.6) is 0 Å². The quantitative estimate of drug-likeness (QED) is 0.609. The first-order chi connectivity index (χ1) is 14.1. The molecular weight excluding hydrogens is 402 g/mol. The molecule has 1 saturated heterocycles. The van der Waals surface area contributed by atoms with Crippen LogP contribution >= 0.6 is 22.7 Å². The summed E-state index contributed by atoms with van der Waals surface area (Å²) in [6, 6.07) is 4.07. The molecular formula is C21H27N5OS2. The molecule has 4 heterocycles. The fraction of sp³-hybridized carbons (Fsp3) is 0.476. The first kappa shape index (κ1) is 20.3. The third kappa shape index (κ3) is 4.60. The highest BCUT2D eigenvalue weighted by atomic mass is 32.1. The number of rotatable bonds is 7. The van der Waals surface area contributed by atoms with Gasteiger partial charge in [0.15, 0.2) is 0 Å². The van der Waals surface area contributed by atoms with E-state index in [9.17, 15) is 4.79 Å². The van der Waals surface area contributed by atoms with Gasteiger partial charge < -0.3 is 15.1 Å². The molecule has 1 N–H and O–H groups in total. The molecule has 1 fully saturated rings. The Kier molecular flexibility index (Phi) is 6.42. The van der Waals surface area contributed by atoms with E-state index in [1.165, 1.54) is 48.6 Å². The number of amides is 1. The number of hydrogen-bond donors (Lipinski definition) is 1. The number of carbonyl (C=O) groups is 1. The van der Waals surface area contributed by atoms with Crippen molar-refractivity contribution in [1.82, 2.24) is 19.8 Å². The molecule has 0 unspecified atom stereocenters. The number of aryl methyl sites for hydroxylation is 1. The molecule has 1 aliphatic rings. The maximum absolute atomic E-state index is 13.1. The third-order valence-electron chi connectivity index (χ3n) is 5.41. The summed E-state index contributed by atoms with van der Waals surface area (Å²) >= 11 is 3.13. The van der Waals surface area contributed by atoms with Gasteiger partial charge in [0.1, 0.15) is 17.0 Å². The molecule has 0 saturated carbocycles. The number of aromatic nitrogens is 2. The Hall–Kier alpha value is -2.03. The lowest BCUT2D eigenvalue weighted by molar-refractivity contribution is 0.0790. The molecule has 0 aliphatic carbocycles. The van der Waals surface area contributed by atoms with E-state index in [0.29, 0.717) is 6.54 Å². The molecule has 0 radical (unpaired) electrons. The van der Waals surface area contributed by atoms with Gasteiger partial charge >= 0.3 is 0 Å². The Morgan fingerprint density at radius 1 is 1.28 bits per heavy atom. The second kappa shape index (κ2) is 9.19. The number of fused-ring (bicyclic) bond motifs is 1. The van der Waals surface area contributed by atoms with Crippen molar-refractivity contribution in [3.8, 4) is 0 Å². The van der Waals surface area contributed by atoms with Crippen LogP contribution in [0.4, 0.5) is 5.82 Å². The Labute approximate surface area is 179 Å². The van der Waals surface area contributed by atoms with Gasteiger partial charge in [0.05, 0.1) is 16.8 Å². The van der Waals surface area contributed by atoms with Crippen molar-refractivity contribution in [2.75, 3.05) is 38.5 Å². The smallest absolute Gasteiger partial charge is 0.264 e. The van der Waals surface area contributed by atoms with Crippen molar-refractivity contribution in [3.05, 3.63) is 39.2 Å². The highest BCUT2D eigenvalue weighted by Gasteiger charge is 2.22. The summed E-state index contributed by atoms with van der Waals surface area (Å²) in [5.41, 5.74) is 0.967. The molecule has 0 aromatic carbocycles. The fourth-order valence-electron chi connectivity index (χ4n) is 3.81. The summed E-state index contributed by atoms with van der Waals surface area (Å²) in [5, 5.41) is 6.50. The SMILES string of the molecule is Cc1c(C(=O)N(C)Cc2cccs2)sc2ncnc(NCCN3CCCCC3)c12. The fourth-order valence-corrected chi connectivity index (χ4v) is 5.71. The molecule has 6 nitrogen and oxygen atoms in total. The van der Waals surface area contributed by atoms with Crippen molar-refractivity contribution in [2.24, 2.45) is 0 Å². The van der Waals surface area contributed by atoms with E-state index in [0.717, 1.165) is 39.6 Å². The predicted molar refractivity (Wildman–Crippen MR) is 121 cm³/mol. The van der Waals surface area contributed by atoms with E-state index in [-0.39, 0.29) is 5.91 Å². The zero-order valence-corrected chi connectivity index (χ0v) is 18.6. The van der Waals surface area contributed by atoms with Crippen molar-refractivity contribution in [1.29, 1.82) is 0 Å². The molecule has 0 atom stereocenters. The Bertz CT molecular complexity index is 963. The molecule has 4 rings (SSSR count). The minimum atomic E-state index is 0.0400. The summed E-state index contributed by atoms with van der Waals surface area (Å²) in [4.78, 5) is 29.0. The zero-order chi connectivity index (χ0) is 20.2. The number of likely N-dealkylation sites (tertiary alicyclic amines) is 1. The molecule has 3 aromatic heterocycles. The molecule has 154 valence electrons. The number of piperidine rings is 1. The van der Waals surface area contributed by atoms with Crippen molar-refractivity contribution in [2.45, 2.75) is 32.7 Å². The number of hydrogen-bond acceptors (Lipinski definition) is 7. The Balaban J connectivity index is 1.49. The minimum Gasteiger partial charge on any atom is -0.368 e. The van der Waals surface area contributed by atoms with Crippen LogP contribution in [-0.2, 0) is 6.54 Å². The maximum Gasteiger partial charge on any atom is 0.264 e. The molecule has 3 aromatic rings. The number of carbonyl (C=O) groups excluding carboxylic acids is 1. The number of thiophene rings is 2. The van der Waals surface area contributed by atoms with Gasteiger partial charge in [-0.05, 0) is 49.9 Å². The van der Waals surface area contributed by atoms with Crippen LogP contribution in [0.25, 0.3) is 10.2 Å². The second-order valence-corrected chi connectivity index (χ2v) is 9.56. The predicted octanol–water partition coefficient (Wildman–Crippen LogP) is 4.23. The van der Waals surface area contributed by atoms with Crippen LogP contribution < -0.4 is 5.32 Å². The van der Waals surface area contributed by atoms with E-state index in [1.54, 1.807) is 22.6 Å². The molecule has 1 amide bonds. The normalized spacial score (nSPS) is 15.0. The molecule has 8 heteroatoms. The van der Waals surface area contributed by atoms with Crippen molar-refractivity contribution in [3.63, 3.8) is 0 Å². The first-order valence-corrected chi connectivity index (χ1v) is 11.8. The number of nitrogens with zero attached hydrogens (tertiary/aromatic N) is 4. The summed E-state index contributed by atoms with van der Waals surface area (Å²) < 4.78 is 0. The van der Waals surface area contributed by atoms with Crippen LogP contribution in [0.1, 0.15) is 39.4 Å². The van der Waals surface area contributed by atoms with Crippen LogP contribution in [0.2, 0.25) is 0 Å². The van der Waals surface area contributed by atoms with Gasteiger partial charge in [-0.25, -0.2) is 9.97 Å². The maximum atomic E-state index is 13.1. The molecule has 1 aliphatic heterocycles. The monoisotopic (exact) mass is 429 g/mol. The summed E-state index contributed by atoms with van der Waals surface area (Å²) in [7, 11) is 1.86. The zero-order valence-electron chi connectivity index (χ0n) is 17.0. The van der Waals surface area contributed by atoms with Crippen molar-refractivity contribution >= 4 is 44.6 Å². The topological polar surface area (TPSA) is 61.4 Å². The van der Waals surface area contributed by atoms with Crippen LogP contribution in [-0.4, -0.2) is 58.9 Å². The van der Waals surface area contributed by atoms with Gasteiger partial charge in [0.25, 0.3) is 5.91 Å². The molecule has 0 spiro atoms. The summed E-state index contributed by atoms with van der Waals surface area (Å²) in [5.74, 6) is 0.874. The van der Waals surface area contributed by atoms with Gasteiger partial charge in [-0.2, -0.15) is 0 Å². The molecule has 0 bridgehead atoms. The average molecular weight is 430 g/mol. The highest BCUT2D eigenvalue weighted by Crippen LogP contribution is 2.34. The lowest BCUT2D eigenvalue weighted by Gasteiger charge is -2.26. The standard InChI is InChI=1S/C21H27N5OS2/c1-15-17-19(22-8-11-26-9-4-3-5-10-26)23-14-24-20(17)29-18(15)21(27)25(2)13-16-7-6-12-28-16/h6-7,12,14H,3-5,8-11,13H2,1-2H3,(H,22,23,24). The van der Waals surface area contributed by atoms with Crippen molar-refractivity contribution < 1.29 is 4.79 Å². The van der Waals surface area contributed by atoms with Gasteiger partial charge in [-0.15, -0.1) is 22.7 Å². The minimum absolute atomic E-state index is 0.0400. The highest BCUT2D eigenvalue weighted by molar-refractivity contribution is 7.20. The Morgan fingerprint density at radius 2 is 2.10 bits per heavy atom. The largest absolute Gasteiger partial charge is 0.368 e. The van der Waals surface area contributed by atoms with E-state index in [1.807, 2.05) is 25.4 Å². The van der Waals surface area contributed by atoms with Crippen LogP contribution in [0.15, 0.2) is 23.8 Å². The van der Waals surface area contributed by atoms with Gasteiger partial charge in [-0.3, -0.25) is 4.79 Å². The Morgan fingerprint density at radius 3 is 2.86 bits per heavy atom. The van der Waals surface area contributed by atoms with Gasteiger partial charge in [-0.1, -0.05) is 12.5 Å². The second-order valence-electron chi connectivity index (χ2n) is 7.53. The van der Waals surface area contributed by atoms with Crippen LogP contribution in [0, 0.1) is 6.92 Å². The number of anilines is 1. The lowest BCUT2D eigenvalue weighted by Crippen LogP contribution is -2.33. The van der Waals surface area contributed by atoms with E-state index in [2.05, 4.69) is 26.3 Å². The van der Waals surface area contributed by atoms with E-state index < -0.39 is 0 Å². The van der Waals surface area contributed by atoms with Crippen LogP contribution in [0.3, 0.4) is 0 Å². The molecule has 29 heavy (non-hydrogen) atoms. The summed E-state index contributed by atoms with van der Waals surface area (Å²) in [6.45, 7) is 6.87. The van der Waals surface area contributed by atoms with E-state index >= 15 is 0 Å². The third-order valence-corrected chi connectivity index (χ3v) is 7.46. The van der Waals surface area contributed by atoms with E-state index in [4.69, 9.17) is 0 Å².